The van der Waals surface area contributed by atoms with Gasteiger partial charge in [0, 0.05) is 30.2 Å². The van der Waals surface area contributed by atoms with Crippen LogP contribution in [0.4, 0.5) is 0 Å². The zero-order valence-electron chi connectivity index (χ0n) is 17.2. The van der Waals surface area contributed by atoms with Gasteiger partial charge in [0.25, 0.3) is 5.91 Å². The molecule has 1 amide bonds. The first kappa shape index (κ1) is 19.9. The third-order valence-electron chi connectivity index (χ3n) is 6.31. The third-order valence-corrected chi connectivity index (χ3v) is 6.31. The number of fused-ring (bicyclic) bond motifs is 1. The Hall–Kier alpha value is -2.43. The fourth-order valence-electron chi connectivity index (χ4n) is 4.58. The molecule has 2 saturated carbocycles. The van der Waals surface area contributed by atoms with Crippen molar-refractivity contribution in [2.75, 3.05) is 19.7 Å². The number of ether oxygens (including phenoxy) is 1. The predicted octanol–water partition coefficient (Wildman–Crippen LogP) is 4.46. The normalized spacial score (nSPS) is 21.7. The smallest absolute Gasteiger partial charge is 0.309 e. The molecule has 2 fully saturated rings. The first-order chi connectivity index (χ1) is 14.2. The lowest BCUT2D eigenvalue weighted by Gasteiger charge is -2.30. The largest absolute Gasteiger partial charge is 0.466 e. The molecule has 0 saturated heterocycles. The highest BCUT2D eigenvalue weighted by atomic mass is 16.5. The Kier molecular flexibility index (Phi) is 6.12. The molecule has 0 spiro atoms. The van der Waals surface area contributed by atoms with Gasteiger partial charge in [-0.15, -0.1) is 0 Å². The number of carbonyl (C=O) groups excluding carboxylic acids is 2. The average Bonchev–Trinajstić information content (AvgIpc) is 3.53. The summed E-state index contributed by atoms with van der Waals surface area (Å²) in [7, 11) is 0. The highest BCUT2D eigenvalue weighted by molar-refractivity contribution is 5.98. The number of hydrogen-bond acceptors (Lipinski definition) is 4. The summed E-state index contributed by atoms with van der Waals surface area (Å²) in [6, 6.07) is 9.61. The molecule has 5 heteroatoms. The van der Waals surface area contributed by atoms with E-state index in [-0.39, 0.29) is 23.7 Å². The number of carbonyl (C=O) groups is 2. The molecule has 1 heterocycles. The molecule has 154 valence electrons. The van der Waals surface area contributed by atoms with Crippen molar-refractivity contribution in [2.45, 2.75) is 45.4 Å². The summed E-state index contributed by atoms with van der Waals surface area (Å²) < 4.78 is 5.17. The molecule has 2 aliphatic rings. The van der Waals surface area contributed by atoms with E-state index in [0.717, 1.165) is 23.9 Å². The van der Waals surface area contributed by atoms with Crippen LogP contribution < -0.4 is 0 Å². The molecule has 0 bridgehead atoms. The molecular formula is C24H30N2O3. The Labute approximate surface area is 172 Å². The second kappa shape index (κ2) is 8.93. The summed E-state index contributed by atoms with van der Waals surface area (Å²) in [5.74, 6) is 0.700. The fraction of sp³-hybridized carbons (Fsp3) is 0.542. The van der Waals surface area contributed by atoms with Gasteiger partial charge in [0.1, 0.15) is 0 Å². The van der Waals surface area contributed by atoms with Gasteiger partial charge in [-0.3, -0.25) is 14.6 Å². The van der Waals surface area contributed by atoms with Crippen LogP contribution in [0.1, 0.15) is 55.8 Å². The van der Waals surface area contributed by atoms with Gasteiger partial charge < -0.3 is 9.64 Å². The van der Waals surface area contributed by atoms with Crippen molar-refractivity contribution >= 4 is 22.8 Å². The molecule has 0 N–H and O–H groups in total. The van der Waals surface area contributed by atoms with Crippen molar-refractivity contribution in [3.8, 4) is 0 Å². The van der Waals surface area contributed by atoms with Crippen LogP contribution >= 0.6 is 0 Å². The number of rotatable bonds is 7. The predicted molar refractivity (Wildman–Crippen MR) is 112 cm³/mol. The third kappa shape index (κ3) is 4.77. The maximum absolute atomic E-state index is 13.4. The molecule has 2 unspecified atom stereocenters. The van der Waals surface area contributed by atoms with E-state index in [2.05, 4.69) is 4.98 Å². The number of hydrogen-bond donors (Lipinski definition) is 0. The van der Waals surface area contributed by atoms with Crippen molar-refractivity contribution in [1.29, 1.82) is 0 Å². The van der Waals surface area contributed by atoms with E-state index in [1.807, 2.05) is 42.2 Å². The summed E-state index contributed by atoms with van der Waals surface area (Å²) in [4.78, 5) is 31.8. The first-order valence-electron chi connectivity index (χ1n) is 11.0. The van der Waals surface area contributed by atoms with Crippen LogP contribution in [0.5, 0.6) is 0 Å². The number of amides is 1. The summed E-state index contributed by atoms with van der Waals surface area (Å²) in [5, 5.41) is 0.979. The number of nitrogens with zero attached hydrogens (tertiary/aromatic N) is 2. The monoisotopic (exact) mass is 394 g/mol. The number of pyridine rings is 1. The van der Waals surface area contributed by atoms with Gasteiger partial charge in [-0.05, 0) is 62.3 Å². The molecule has 5 nitrogen and oxygen atoms in total. The lowest BCUT2D eigenvalue weighted by atomic mass is 9.88. The van der Waals surface area contributed by atoms with Gasteiger partial charge in [0.2, 0.25) is 0 Å². The SMILES string of the molecule is CCOC(=O)C1CC1CN(CC1CCCCC1)C(=O)c1ccc2ncccc2c1. The van der Waals surface area contributed by atoms with E-state index < -0.39 is 0 Å². The van der Waals surface area contributed by atoms with Crippen LogP contribution in [0.3, 0.4) is 0 Å². The van der Waals surface area contributed by atoms with E-state index in [9.17, 15) is 9.59 Å². The Bertz CT molecular complexity index is 875. The topological polar surface area (TPSA) is 59.5 Å². The van der Waals surface area contributed by atoms with Gasteiger partial charge in [-0.1, -0.05) is 25.3 Å². The Morgan fingerprint density at radius 3 is 2.76 bits per heavy atom. The van der Waals surface area contributed by atoms with E-state index in [4.69, 9.17) is 4.74 Å². The number of esters is 1. The van der Waals surface area contributed by atoms with E-state index in [0.29, 0.717) is 24.6 Å². The lowest BCUT2D eigenvalue weighted by molar-refractivity contribution is -0.145. The van der Waals surface area contributed by atoms with Gasteiger partial charge in [-0.25, -0.2) is 0 Å². The Morgan fingerprint density at radius 1 is 1.14 bits per heavy atom. The molecule has 1 aromatic carbocycles. The second-order valence-corrected chi connectivity index (χ2v) is 8.48. The average molecular weight is 395 g/mol. The summed E-state index contributed by atoms with van der Waals surface area (Å²) in [6.07, 6.45) is 8.79. The van der Waals surface area contributed by atoms with Gasteiger partial charge in [0.05, 0.1) is 18.0 Å². The van der Waals surface area contributed by atoms with Crippen molar-refractivity contribution in [1.82, 2.24) is 9.88 Å². The summed E-state index contributed by atoms with van der Waals surface area (Å²) in [5.41, 5.74) is 1.60. The minimum Gasteiger partial charge on any atom is -0.466 e. The molecule has 29 heavy (non-hydrogen) atoms. The van der Waals surface area contributed by atoms with Gasteiger partial charge in [-0.2, -0.15) is 0 Å². The van der Waals surface area contributed by atoms with Crippen molar-refractivity contribution < 1.29 is 14.3 Å². The fourth-order valence-corrected chi connectivity index (χ4v) is 4.58. The summed E-state index contributed by atoms with van der Waals surface area (Å²) in [6.45, 7) is 3.68. The minimum atomic E-state index is -0.112. The van der Waals surface area contributed by atoms with Gasteiger partial charge in [0.15, 0.2) is 0 Å². The maximum Gasteiger partial charge on any atom is 0.309 e. The van der Waals surface area contributed by atoms with Crippen LogP contribution in [-0.2, 0) is 9.53 Å². The van der Waals surface area contributed by atoms with E-state index >= 15 is 0 Å². The van der Waals surface area contributed by atoms with Crippen molar-refractivity contribution in [2.24, 2.45) is 17.8 Å². The van der Waals surface area contributed by atoms with Crippen molar-refractivity contribution in [3.05, 3.63) is 42.1 Å². The molecular weight excluding hydrogens is 364 g/mol. The minimum absolute atomic E-state index is 0.0441. The molecule has 4 rings (SSSR count). The highest BCUT2D eigenvalue weighted by Gasteiger charge is 2.45. The molecule has 0 aliphatic heterocycles. The van der Waals surface area contributed by atoms with Crippen LogP contribution in [-0.4, -0.2) is 41.5 Å². The standard InChI is InChI=1S/C24H30N2O3/c1-2-29-24(28)21-14-20(21)16-26(15-17-7-4-3-5-8-17)23(27)19-10-11-22-18(13-19)9-6-12-25-22/h6,9-13,17,20-21H,2-5,7-8,14-16H2,1H3. The number of benzene rings is 1. The molecule has 1 aromatic heterocycles. The molecule has 2 aliphatic carbocycles. The maximum atomic E-state index is 13.4. The van der Waals surface area contributed by atoms with E-state index in [1.54, 1.807) is 6.20 Å². The molecule has 0 radical (unpaired) electrons. The first-order valence-corrected chi connectivity index (χ1v) is 11.0. The van der Waals surface area contributed by atoms with Crippen LogP contribution in [0.2, 0.25) is 0 Å². The molecule has 2 aromatic rings. The highest BCUT2D eigenvalue weighted by Crippen LogP contribution is 2.40. The van der Waals surface area contributed by atoms with Crippen LogP contribution in [0, 0.1) is 17.8 Å². The Balaban J connectivity index is 1.50. The number of aromatic nitrogens is 1. The molecule has 2 atom stereocenters. The Morgan fingerprint density at radius 2 is 1.97 bits per heavy atom. The lowest BCUT2D eigenvalue weighted by Crippen LogP contribution is -2.38. The van der Waals surface area contributed by atoms with E-state index in [1.165, 1.54) is 32.1 Å². The zero-order chi connectivity index (χ0) is 20.2. The second-order valence-electron chi connectivity index (χ2n) is 8.48. The van der Waals surface area contributed by atoms with Crippen LogP contribution in [0.15, 0.2) is 36.5 Å². The van der Waals surface area contributed by atoms with Crippen LogP contribution in [0.25, 0.3) is 10.9 Å². The summed E-state index contributed by atoms with van der Waals surface area (Å²) >= 11 is 0. The van der Waals surface area contributed by atoms with Crippen molar-refractivity contribution in [3.63, 3.8) is 0 Å². The zero-order valence-corrected chi connectivity index (χ0v) is 17.2. The quantitative estimate of drug-likeness (QED) is 0.651. The van der Waals surface area contributed by atoms with Gasteiger partial charge >= 0.3 is 5.97 Å².